The third-order valence-corrected chi connectivity index (χ3v) is 7.59. The molecule has 0 saturated carbocycles. The number of nitrogens with zero attached hydrogens (tertiary/aromatic N) is 2. The van der Waals surface area contributed by atoms with E-state index in [9.17, 15) is 4.79 Å². The quantitative estimate of drug-likeness (QED) is 0.722. The highest BCUT2D eigenvalue weighted by Gasteiger charge is 2.50. The molecule has 2 saturated heterocycles. The number of hydrogen-bond acceptors (Lipinski definition) is 4. The Hall–Kier alpha value is -1.37. The van der Waals surface area contributed by atoms with E-state index in [0.717, 1.165) is 27.9 Å². The van der Waals surface area contributed by atoms with Crippen molar-refractivity contribution >= 4 is 33.8 Å². The van der Waals surface area contributed by atoms with Crippen LogP contribution in [0, 0.1) is 0 Å². The lowest BCUT2D eigenvalue weighted by atomic mass is 9.98. The van der Waals surface area contributed by atoms with Crippen molar-refractivity contribution in [3.05, 3.63) is 39.9 Å². The Kier molecular flexibility index (Phi) is 4.60. The highest BCUT2D eigenvalue weighted by Crippen LogP contribution is 2.40. The predicted molar refractivity (Wildman–Crippen MR) is 103 cm³/mol. The number of piperidine rings is 1. The summed E-state index contributed by atoms with van der Waals surface area (Å²) in [5, 5.41) is 7.09. The number of rotatable bonds is 4. The highest BCUT2D eigenvalue weighted by molar-refractivity contribution is 7.14. The Morgan fingerprint density at radius 1 is 1.24 bits per heavy atom. The third kappa shape index (κ3) is 3.35. The zero-order valence-electron chi connectivity index (χ0n) is 14.8. The van der Waals surface area contributed by atoms with E-state index in [1.54, 1.807) is 27.6 Å². The number of fused-ring (bicyclic) bond motifs is 2. The minimum atomic E-state index is -0.203. The van der Waals surface area contributed by atoms with Crippen LogP contribution in [0.4, 0.5) is 9.80 Å². The lowest BCUT2D eigenvalue weighted by Gasteiger charge is -2.44. The Morgan fingerprint density at radius 3 is 2.60 bits per heavy atom. The van der Waals surface area contributed by atoms with Crippen LogP contribution in [0.5, 0.6) is 0 Å². The summed E-state index contributed by atoms with van der Waals surface area (Å²) in [5.41, 5.74) is 1.15. The Bertz CT molecular complexity index is 696. The summed E-state index contributed by atoms with van der Waals surface area (Å²) in [6.07, 6.45) is 4.36. The molecule has 6 heteroatoms. The van der Waals surface area contributed by atoms with E-state index in [1.165, 1.54) is 12.8 Å². The summed E-state index contributed by atoms with van der Waals surface area (Å²) in [7, 11) is 4.66. The molecule has 1 amide bonds. The molecule has 2 aliphatic heterocycles. The van der Waals surface area contributed by atoms with E-state index in [2.05, 4.69) is 25.5 Å². The minimum absolute atomic E-state index is 0.0566. The maximum atomic E-state index is 12.9. The molecule has 2 aromatic rings. The van der Waals surface area contributed by atoms with Gasteiger partial charge in [-0.25, -0.2) is 4.79 Å². The van der Waals surface area contributed by atoms with Gasteiger partial charge < -0.3 is 9.22 Å². The number of carbonyl (C=O) groups excluding carboxylic acids is 1. The Labute approximate surface area is 157 Å². The van der Waals surface area contributed by atoms with Crippen LogP contribution in [-0.4, -0.2) is 42.9 Å². The standard InChI is InChI=1S/C19H25N2O2S2/c1-21(2)15-5-6-16(21)11-17(10-15)23-19(22)20(18-4-3-8-25-18)12-14-7-9-24-13-14/h3-4,7-9,13,15-17H,5-6,10-12H2,1-2H3/q+1. The largest absolute Gasteiger partial charge is 0.445 e. The first-order valence-corrected chi connectivity index (χ1v) is 10.7. The van der Waals surface area contributed by atoms with Gasteiger partial charge in [0.2, 0.25) is 0 Å². The predicted octanol–water partition coefficient (Wildman–Crippen LogP) is 4.72. The highest BCUT2D eigenvalue weighted by atomic mass is 32.1. The average Bonchev–Trinajstić information content (AvgIpc) is 3.28. The van der Waals surface area contributed by atoms with E-state index in [0.29, 0.717) is 18.6 Å². The smallest absolute Gasteiger partial charge is 0.415 e. The fourth-order valence-electron chi connectivity index (χ4n) is 4.35. The van der Waals surface area contributed by atoms with E-state index < -0.39 is 0 Å². The van der Waals surface area contributed by atoms with Gasteiger partial charge in [-0.05, 0) is 39.9 Å². The fraction of sp³-hybridized carbons (Fsp3) is 0.526. The van der Waals surface area contributed by atoms with Crippen molar-refractivity contribution in [2.45, 2.75) is 50.4 Å². The minimum Gasteiger partial charge on any atom is -0.445 e. The van der Waals surface area contributed by atoms with Crippen LogP contribution >= 0.6 is 22.7 Å². The second-order valence-electron chi connectivity index (χ2n) is 7.66. The van der Waals surface area contributed by atoms with Gasteiger partial charge in [-0.15, -0.1) is 11.3 Å². The first-order chi connectivity index (χ1) is 12.0. The SMILES string of the molecule is C[N+]1(C)C2CCC1CC(OC(=O)N(Cc1ccsc1)c1cccs1)C2. The molecule has 2 unspecified atom stereocenters. The number of quaternary nitrogens is 1. The second kappa shape index (κ2) is 6.74. The van der Waals surface area contributed by atoms with Gasteiger partial charge in [0.15, 0.2) is 0 Å². The molecule has 0 aromatic carbocycles. The van der Waals surface area contributed by atoms with Crippen LogP contribution in [0.1, 0.15) is 31.2 Å². The van der Waals surface area contributed by atoms with Crippen LogP contribution < -0.4 is 4.90 Å². The average molecular weight is 378 g/mol. The van der Waals surface area contributed by atoms with Crippen molar-refractivity contribution in [3.63, 3.8) is 0 Å². The van der Waals surface area contributed by atoms with Crippen LogP contribution in [0.25, 0.3) is 0 Å². The summed E-state index contributed by atoms with van der Waals surface area (Å²) in [6.45, 7) is 0.573. The van der Waals surface area contributed by atoms with E-state index in [-0.39, 0.29) is 12.2 Å². The summed E-state index contributed by atoms with van der Waals surface area (Å²) in [4.78, 5) is 14.7. The molecule has 2 aliphatic rings. The van der Waals surface area contributed by atoms with Gasteiger partial charge in [-0.3, -0.25) is 4.90 Å². The zero-order chi connectivity index (χ0) is 17.4. The van der Waals surface area contributed by atoms with Crippen molar-refractivity contribution in [2.75, 3.05) is 19.0 Å². The molecule has 2 bridgehead atoms. The topological polar surface area (TPSA) is 29.5 Å². The molecule has 134 valence electrons. The monoisotopic (exact) mass is 377 g/mol. The molecule has 0 radical (unpaired) electrons. The van der Waals surface area contributed by atoms with Gasteiger partial charge >= 0.3 is 6.09 Å². The van der Waals surface area contributed by atoms with Gasteiger partial charge in [-0.1, -0.05) is 0 Å². The fourth-order valence-corrected chi connectivity index (χ4v) is 5.73. The van der Waals surface area contributed by atoms with Gasteiger partial charge in [0.25, 0.3) is 0 Å². The molecular weight excluding hydrogens is 352 g/mol. The van der Waals surface area contributed by atoms with Crippen molar-refractivity contribution in [2.24, 2.45) is 0 Å². The lowest BCUT2D eigenvalue weighted by Crippen LogP contribution is -2.56. The Balaban J connectivity index is 1.46. The molecule has 2 fully saturated rings. The summed E-state index contributed by atoms with van der Waals surface area (Å²) < 4.78 is 7.08. The number of hydrogen-bond donors (Lipinski definition) is 0. The third-order valence-electron chi connectivity index (χ3n) is 5.97. The normalized spacial score (nSPS) is 27.2. The van der Waals surface area contributed by atoms with Crippen molar-refractivity contribution < 1.29 is 14.0 Å². The van der Waals surface area contributed by atoms with Crippen LogP contribution in [0.2, 0.25) is 0 Å². The molecule has 0 N–H and O–H groups in total. The molecule has 0 aliphatic carbocycles. The van der Waals surface area contributed by atoms with Gasteiger partial charge in [0.1, 0.15) is 11.1 Å². The maximum Gasteiger partial charge on any atom is 0.415 e. The van der Waals surface area contributed by atoms with Crippen molar-refractivity contribution in [1.29, 1.82) is 0 Å². The molecule has 4 heterocycles. The van der Waals surface area contributed by atoms with Crippen LogP contribution in [-0.2, 0) is 11.3 Å². The molecule has 4 nitrogen and oxygen atoms in total. The van der Waals surface area contributed by atoms with E-state index >= 15 is 0 Å². The Morgan fingerprint density at radius 2 is 2.00 bits per heavy atom. The van der Waals surface area contributed by atoms with E-state index in [4.69, 9.17) is 4.74 Å². The number of amides is 1. The van der Waals surface area contributed by atoms with Gasteiger partial charge in [-0.2, -0.15) is 11.3 Å². The number of carbonyl (C=O) groups is 1. The van der Waals surface area contributed by atoms with Crippen LogP contribution in [0.15, 0.2) is 34.3 Å². The second-order valence-corrected chi connectivity index (χ2v) is 9.37. The number of anilines is 1. The van der Waals surface area contributed by atoms with Gasteiger partial charge in [0, 0.05) is 25.7 Å². The molecule has 0 spiro atoms. The van der Waals surface area contributed by atoms with Crippen molar-refractivity contribution in [1.82, 2.24) is 0 Å². The van der Waals surface area contributed by atoms with Crippen LogP contribution in [0.3, 0.4) is 0 Å². The summed E-state index contributed by atoms with van der Waals surface area (Å²) in [6, 6.07) is 7.30. The van der Waals surface area contributed by atoms with Crippen molar-refractivity contribution in [3.8, 4) is 0 Å². The first-order valence-electron chi connectivity index (χ1n) is 8.90. The van der Waals surface area contributed by atoms with Gasteiger partial charge in [0.05, 0.1) is 32.7 Å². The van der Waals surface area contributed by atoms with E-state index in [1.807, 2.05) is 22.9 Å². The summed E-state index contributed by atoms with van der Waals surface area (Å²) >= 11 is 3.24. The number of thiophene rings is 2. The number of ether oxygens (including phenoxy) is 1. The molecule has 2 aromatic heterocycles. The molecule has 4 rings (SSSR count). The zero-order valence-corrected chi connectivity index (χ0v) is 16.4. The first kappa shape index (κ1) is 17.1. The summed E-state index contributed by atoms with van der Waals surface area (Å²) in [5.74, 6) is 0. The molecule has 2 atom stereocenters. The lowest BCUT2D eigenvalue weighted by molar-refractivity contribution is -0.931. The molecule has 25 heavy (non-hydrogen) atoms. The maximum absolute atomic E-state index is 12.9. The molecular formula is C19H25N2O2S2+.